The van der Waals surface area contributed by atoms with Gasteiger partial charge in [-0.1, -0.05) is 12.2 Å². The molecule has 0 spiro atoms. The van der Waals surface area contributed by atoms with Crippen molar-refractivity contribution in [3.8, 4) is 0 Å². The third kappa shape index (κ3) is 1.18. The van der Waals surface area contributed by atoms with Gasteiger partial charge < -0.3 is 10.7 Å². The Morgan fingerprint density at radius 1 is 1.33 bits per heavy atom. The molecule has 0 saturated heterocycles. The van der Waals surface area contributed by atoms with Gasteiger partial charge >= 0.3 is 0 Å². The normalized spacial score (nSPS) is 14.8. The lowest BCUT2D eigenvalue weighted by molar-refractivity contribution is 0.962. The fourth-order valence-electron chi connectivity index (χ4n) is 1.72. The quantitative estimate of drug-likeness (QED) is 0.625. The predicted molar refractivity (Wildman–Crippen MR) is 51.0 cm³/mol. The minimum Gasteiger partial charge on any atom is -0.361 e. The average Bonchev–Trinajstić information content (AvgIpc) is 2.50. The number of fused-ring (bicyclic) bond motifs is 1. The zero-order valence-electron chi connectivity index (χ0n) is 7.14. The second-order valence-corrected chi connectivity index (χ2v) is 3.17. The Morgan fingerprint density at radius 2 is 2.17 bits per heavy atom. The van der Waals surface area contributed by atoms with E-state index in [2.05, 4.69) is 23.3 Å². The molecule has 0 saturated carbocycles. The van der Waals surface area contributed by atoms with Gasteiger partial charge in [-0.05, 0) is 36.6 Å². The Hall–Kier alpha value is -1.02. The largest absolute Gasteiger partial charge is 0.361 e. The second kappa shape index (κ2) is 3.15. The van der Waals surface area contributed by atoms with Gasteiger partial charge in [-0.15, -0.1) is 0 Å². The Balaban J connectivity index is 2.53. The van der Waals surface area contributed by atoms with E-state index in [1.807, 2.05) is 0 Å². The molecule has 0 atom stereocenters. The van der Waals surface area contributed by atoms with Gasteiger partial charge in [0.1, 0.15) is 0 Å². The summed E-state index contributed by atoms with van der Waals surface area (Å²) in [6.45, 7) is 0.734. The van der Waals surface area contributed by atoms with Gasteiger partial charge in [0.15, 0.2) is 0 Å². The minimum atomic E-state index is 0.734. The molecule has 0 aromatic carbocycles. The molecule has 0 amide bonds. The summed E-state index contributed by atoms with van der Waals surface area (Å²) >= 11 is 0. The van der Waals surface area contributed by atoms with E-state index < -0.39 is 0 Å². The van der Waals surface area contributed by atoms with Crippen molar-refractivity contribution in [2.75, 3.05) is 6.54 Å². The summed E-state index contributed by atoms with van der Waals surface area (Å²) < 4.78 is 0. The first-order chi connectivity index (χ1) is 5.92. The van der Waals surface area contributed by atoms with Crippen LogP contribution < -0.4 is 16.3 Å². The molecule has 1 heterocycles. The van der Waals surface area contributed by atoms with E-state index >= 15 is 0 Å². The number of rotatable bonds is 2. The van der Waals surface area contributed by atoms with Crippen LogP contribution in [0, 0.1) is 0 Å². The van der Waals surface area contributed by atoms with Gasteiger partial charge in [0, 0.05) is 11.5 Å². The van der Waals surface area contributed by atoms with Crippen molar-refractivity contribution in [2.45, 2.75) is 19.3 Å². The van der Waals surface area contributed by atoms with Crippen molar-refractivity contribution in [1.29, 1.82) is 0 Å². The van der Waals surface area contributed by atoms with E-state index in [9.17, 15) is 0 Å². The molecule has 1 aliphatic carbocycles. The highest BCUT2D eigenvalue weighted by molar-refractivity contribution is 5.39. The SMILES string of the molecule is NCCc1c[nH]c2c1=CCCC=2. The molecule has 64 valence electrons. The molecule has 1 aromatic heterocycles. The van der Waals surface area contributed by atoms with Crippen LogP contribution in [0.15, 0.2) is 6.20 Å². The zero-order valence-corrected chi connectivity index (χ0v) is 7.14. The van der Waals surface area contributed by atoms with E-state index in [0.29, 0.717) is 0 Å². The van der Waals surface area contributed by atoms with Crippen molar-refractivity contribution < 1.29 is 0 Å². The van der Waals surface area contributed by atoms with E-state index in [-0.39, 0.29) is 0 Å². The van der Waals surface area contributed by atoms with Crippen LogP contribution >= 0.6 is 0 Å². The van der Waals surface area contributed by atoms with Crippen LogP contribution in [0.2, 0.25) is 0 Å². The zero-order chi connectivity index (χ0) is 8.39. The number of hydrogen-bond acceptors (Lipinski definition) is 1. The molecule has 12 heavy (non-hydrogen) atoms. The van der Waals surface area contributed by atoms with Crippen LogP contribution in [0.1, 0.15) is 18.4 Å². The van der Waals surface area contributed by atoms with Gasteiger partial charge in [-0.3, -0.25) is 0 Å². The molecule has 0 fully saturated rings. The van der Waals surface area contributed by atoms with Crippen molar-refractivity contribution in [2.24, 2.45) is 5.73 Å². The van der Waals surface area contributed by atoms with Crippen LogP contribution in [0.5, 0.6) is 0 Å². The topological polar surface area (TPSA) is 41.8 Å². The smallest absolute Gasteiger partial charge is 0.0413 e. The third-order valence-electron chi connectivity index (χ3n) is 2.32. The second-order valence-electron chi connectivity index (χ2n) is 3.17. The van der Waals surface area contributed by atoms with Crippen molar-refractivity contribution in [1.82, 2.24) is 4.98 Å². The number of aromatic nitrogens is 1. The molecule has 3 N–H and O–H groups in total. The molecule has 1 aliphatic rings. The lowest BCUT2D eigenvalue weighted by Crippen LogP contribution is -2.27. The summed E-state index contributed by atoms with van der Waals surface area (Å²) in [5, 5.41) is 2.66. The van der Waals surface area contributed by atoms with Crippen LogP contribution in [-0.4, -0.2) is 11.5 Å². The third-order valence-corrected chi connectivity index (χ3v) is 2.32. The molecule has 0 unspecified atom stereocenters. The lowest BCUT2D eigenvalue weighted by atomic mass is 10.1. The summed E-state index contributed by atoms with van der Waals surface area (Å²) in [5.74, 6) is 0. The molecule has 0 bridgehead atoms. The van der Waals surface area contributed by atoms with Crippen LogP contribution in [0.4, 0.5) is 0 Å². The molecule has 2 rings (SSSR count). The molecular weight excluding hydrogens is 148 g/mol. The Labute approximate surface area is 71.8 Å². The first-order valence-electron chi connectivity index (χ1n) is 4.48. The van der Waals surface area contributed by atoms with Gasteiger partial charge in [-0.25, -0.2) is 0 Å². The Bertz CT molecular complexity index is 373. The molecule has 2 nitrogen and oxygen atoms in total. The first-order valence-corrected chi connectivity index (χ1v) is 4.48. The standard InChI is InChI=1S/C10H14N2/c11-6-5-8-7-12-10-4-2-1-3-9(8)10/h3-4,7,12H,1-2,5-6,11H2. The lowest BCUT2D eigenvalue weighted by Gasteiger charge is -1.96. The maximum atomic E-state index is 5.51. The van der Waals surface area contributed by atoms with E-state index in [4.69, 9.17) is 5.73 Å². The Morgan fingerprint density at radius 3 is 3.00 bits per heavy atom. The number of hydrogen-bond donors (Lipinski definition) is 2. The highest BCUT2D eigenvalue weighted by Crippen LogP contribution is 1.97. The van der Waals surface area contributed by atoms with Crippen LogP contribution in [-0.2, 0) is 6.42 Å². The minimum absolute atomic E-state index is 0.734. The summed E-state index contributed by atoms with van der Waals surface area (Å²) in [5.41, 5.74) is 6.88. The van der Waals surface area contributed by atoms with Gasteiger partial charge in [0.05, 0.1) is 0 Å². The summed E-state index contributed by atoms with van der Waals surface area (Å²) in [4.78, 5) is 3.27. The van der Waals surface area contributed by atoms with E-state index in [0.717, 1.165) is 19.4 Å². The van der Waals surface area contributed by atoms with Gasteiger partial charge in [0.2, 0.25) is 0 Å². The van der Waals surface area contributed by atoms with Gasteiger partial charge in [-0.2, -0.15) is 0 Å². The highest BCUT2D eigenvalue weighted by atomic mass is 14.7. The van der Waals surface area contributed by atoms with Crippen molar-refractivity contribution >= 4 is 12.2 Å². The molecule has 1 aromatic rings. The molecule has 2 heteroatoms. The van der Waals surface area contributed by atoms with E-state index in [1.165, 1.54) is 22.6 Å². The van der Waals surface area contributed by atoms with Crippen molar-refractivity contribution in [3.63, 3.8) is 0 Å². The number of nitrogens with two attached hydrogens (primary N) is 1. The number of H-pyrrole nitrogens is 1. The predicted octanol–water partition coefficient (Wildman–Crippen LogP) is -0.129. The summed E-state index contributed by atoms with van der Waals surface area (Å²) in [6.07, 6.45) is 9.95. The van der Waals surface area contributed by atoms with Crippen LogP contribution in [0.3, 0.4) is 0 Å². The van der Waals surface area contributed by atoms with Gasteiger partial charge in [0.25, 0.3) is 0 Å². The Kier molecular flexibility index (Phi) is 2.00. The molecular formula is C10H14N2. The van der Waals surface area contributed by atoms with Crippen LogP contribution in [0.25, 0.3) is 12.2 Å². The summed E-state index contributed by atoms with van der Waals surface area (Å²) in [6, 6.07) is 0. The highest BCUT2D eigenvalue weighted by Gasteiger charge is 2.00. The fourth-order valence-corrected chi connectivity index (χ4v) is 1.72. The van der Waals surface area contributed by atoms with Crippen molar-refractivity contribution in [3.05, 3.63) is 22.3 Å². The maximum absolute atomic E-state index is 5.51. The number of nitrogens with one attached hydrogen (secondary N) is 1. The molecule has 0 radical (unpaired) electrons. The summed E-state index contributed by atoms with van der Waals surface area (Å²) in [7, 11) is 0. The monoisotopic (exact) mass is 162 g/mol. The number of aromatic amines is 1. The maximum Gasteiger partial charge on any atom is 0.0413 e. The molecule has 0 aliphatic heterocycles. The van der Waals surface area contributed by atoms with E-state index in [1.54, 1.807) is 0 Å². The average molecular weight is 162 g/mol. The fraction of sp³-hybridized carbons (Fsp3) is 0.400. The first kappa shape index (κ1) is 7.62.